The first-order valence-electron chi connectivity index (χ1n) is 7.04. The van der Waals surface area contributed by atoms with Gasteiger partial charge in [-0.25, -0.2) is 9.18 Å². The standard InChI is InChI=1S/C16H19FO4/c17-15-9-12(5-7-16(18)19)4-6-13(15)10-20-11-14-3-1-2-8-21-14/h4-7,9,14H,1-3,8,10-11H2,(H,18,19). The van der Waals surface area contributed by atoms with Gasteiger partial charge in [0.25, 0.3) is 0 Å². The van der Waals surface area contributed by atoms with Crippen LogP contribution in [0.2, 0.25) is 0 Å². The second-order valence-electron chi connectivity index (χ2n) is 5.03. The number of hydrogen-bond donors (Lipinski definition) is 1. The Balaban J connectivity index is 1.84. The highest BCUT2D eigenvalue weighted by atomic mass is 19.1. The zero-order valence-corrected chi connectivity index (χ0v) is 11.8. The molecule has 1 fully saturated rings. The van der Waals surface area contributed by atoms with Crippen LogP contribution in [0.15, 0.2) is 24.3 Å². The van der Waals surface area contributed by atoms with Gasteiger partial charge >= 0.3 is 5.97 Å². The number of carbonyl (C=O) groups is 1. The van der Waals surface area contributed by atoms with E-state index in [4.69, 9.17) is 14.6 Å². The van der Waals surface area contributed by atoms with E-state index in [1.807, 2.05) is 0 Å². The molecule has 0 radical (unpaired) electrons. The third-order valence-corrected chi connectivity index (χ3v) is 3.33. The zero-order chi connectivity index (χ0) is 15.1. The second-order valence-corrected chi connectivity index (χ2v) is 5.03. The van der Waals surface area contributed by atoms with Gasteiger partial charge in [-0.1, -0.05) is 12.1 Å². The molecule has 1 saturated heterocycles. The van der Waals surface area contributed by atoms with Crippen LogP contribution < -0.4 is 0 Å². The first kappa shape index (κ1) is 15.7. The van der Waals surface area contributed by atoms with Gasteiger partial charge in [0, 0.05) is 18.2 Å². The molecule has 5 heteroatoms. The van der Waals surface area contributed by atoms with Crippen molar-refractivity contribution in [3.05, 3.63) is 41.2 Å². The van der Waals surface area contributed by atoms with Crippen LogP contribution in [0.25, 0.3) is 6.08 Å². The van der Waals surface area contributed by atoms with Crippen LogP contribution in [0, 0.1) is 5.82 Å². The molecule has 0 amide bonds. The fourth-order valence-corrected chi connectivity index (χ4v) is 2.19. The molecule has 1 aromatic carbocycles. The Morgan fingerprint density at radius 1 is 1.48 bits per heavy atom. The van der Waals surface area contributed by atoms with E-state index in [0.29, 0.717) is 17.7 Å². The summed E-state index contributed by atoms with van der Waals surface area (Å²) in [6.45, 7) is 1.43. The fraction of sp³-hybridized carbons (Fsp3) is 0.438. The van der Waals surface area contributed by atoms with Crippen molar-refractivity contribution in [2.24, 2.45) is 0 Å². The summed E-state index contributed by atoms with van der Waals surface area (Å²) in [6, 6.07) is 4.58. The smallest absolute Gasteiger partial charge is 0.328 e. The largest absolute Gasteiger partial charge is 0.478 e. The summed E-state index contributed by atoms with van der Waals surface area (Å²) in [7, 11) is 0. The average Bonchev–Trinajstić information content (AvgIpc) is 2.48. The Morgan fingerprint density at radius 2 is 2.33 bits per heavy atom. The van der Waals surface area contributed by atoms with Gasteiger partial charge in [-0.15, -0.1) is 0 Å². The molecule has 2 rings (SSSR count). The summed E-state index contributed by atoms with van der Waals surface area (Å²) in [5.41, 5.74) is 0.965. The normalized spacial score (nSPS) is 19.0. The Kier molecular flexibility index (Phi) is 5.90. The van der Waals surface area contributed by atoms with Gasteiger partial charge in [0.05, 0.1) is 19.3 Å². The number of ether oxygens (including phenoxy) is 2. The Bertz CT molecular complexity index is 507. The molecule has 1 unspecified atom stereocenters. The Morgan fingerprint density at radius 3 is 3.00 bits per heavy atom. The molecule has 1 atom stereocenters. The predicted octanol–water partition coefficient (Wildman–Crippen LogP) is 3.01. The van der Waals surface area contributed by atoms with Crippen LogP contribution in [-0.4, -0.2) is 30.4 Å². The van der Waals surface area contributed by atoms with Crippen LogP contribution in [0.3, 0.4) is 0 Å². The van der Waals surface area contributed by atoms with Gasteiger partial charge in [0.15, 0.2) is 0 Å². The van der Waals surface area contributed by atoms with Crippen LogP contribution in [0.5, 0.6) is 0 Å². The molecular formula is C16H19FO4. The minimum atomic E-state index is -1.06. The van der Waals surface area contributed by atoms with Crippen molar-refractivity contribution in [2.45, 2.75) is 32.0 Å². The molecule has 1 heterocycles. The SMILES string of the molecule is O=C(O)C=Cc1ccc(COCC2CCCCO2)c(F)c1. The number of carboxylic acids is 1. The molecule has 1 aliphatic rings. The Labute approximate surface area is 123 Å². The van der Waals surface area contributed by atoms with E-state index in [1.165, 1.54) is 12.1 Å². The minimum absolute atomic E-state index is 0.111. The lowest BCUT2D eigenvalue weighted by Gasteiger charge is -2.22. The molecule has 0 aromatic heterocycles. The van der Waals surface area contributed by atoms with Crippen molar-refractivity contribution in [3.8, 4) is 0 Å². The summed E-state index contributed by atoms with van der Waals surface area (Å²) in [5, 5.41) is 8.53. The second kappa shape index (κ2) is 7.90. The summed E-state index contributed by atoms with van der Waals surface area (Å²) in [4.78, 5) is 10.4. The molecule has 0 bridgehead atoms. The fourth-order valence-electron chi connectivity index (χ4n) is 2.19. The van der Waals surface area contributed by atoms with Crippen LogP contribution in [0.4, 0.5) is 4.39 Å². The topological polar surface area (TPSA) is 55.8 Å². The van der Waals surface area contributed by atoms with Crippen LogP contribution >= 0.6 is 0 Å². The highest BCUT2D eigenvalue weighted by Crippen LogP contribution is 2.16. The maximum atomic E-state index is 13.8. The first-order valence-corrected chi connectivity index (χ1v) is 7.04. The molecule has 0 saturated carbocycles. The van der Waals surface area contributed by atoms with E-state index in [0.717, 1.165) is 31.9 Å². The van der Waals surface area contributed by atoms with Crippen molar-refractivity contribution in [3.63, 3.8) is 0 Å². The third kappa shape index (κ3) is 5.28. The third-order valence-electron chi connectivity index (χ3n) is 3.33. The van der Waals surface area contributed by atoms with Crippen molar-refractivity contribution < 1.29 is 23.8 Å². The lowest BCUT2D eigenvalue weighted by atomic mass is 10.1. The van der Waals surface area contributed by atoms with Gasteiger partial charge in [-0.2, -0.15) is 0 Å². The lowest BCUT2D eigenvalue weighted by molar-refractivity contribution is -0.131. The van der Waals surface area contributed by atoms with E-state index in [-0.39, 0.29) is 12.7 Å². The van der Waals surface area contributed by atoms with Crippen molar-refractivity contribution in [2.75, 3.05) is 13.2 Å². The quantitative estimate of drug-likeness (QED) is 0.819. The summed E-state index contributed by atoms with van der Waals surface area (Å²) in [5.74, 6) is -1.46. The number of aliphatic carboxylic acids is 1. The van der Waals surface area contributed by atoms with Gasteiger partial charge in [-0.05, 0) is 37.0 Å². The molecule has 1 aromatic rings. The maximum absolute atomic E-state index is 13.8. The highest BCUT2D eigenvalue weighted by Gasteiger charge is 2.14. The molecule has 21 heavy (non-hydrogen) atoms. The van der Waals surface area contributed by atoms with E-state index >= 15 is 0 Å². The van der Waals surface area contributed by atoms with Crippen LogP contribution in [0.1, 0.15) is 30.4 Å². The van der Waals surface area contributed by atoms with Crippen molar-refractivity contribution in [1.82, 2.24) is 0 Å². The number of benzene rings is 1. The van der Waals surface area contributed by atoms with E-state index in [2.05, 4.69) is 0 Å². The van der Waals surface area contributed by atoms with Crippen LogP contribution in [-0.2, 0) is 20.9 Å². The van der Waals surface area contributed by atoms with Gasteiger partial charge < -0.3 is 14.6 Å². The Hall–Kier alpha value is -1.72. The number of halogens is 1. The van der Waals surface area contributed by atoms with Crippen molar-refractivity contribution >= 4 is 12.0 Å². The lowest BCUT2D eigenvalue weighted by Crippen LogP contribution is -2.24. The molecular weight excluding hydrogens is 275 g/mol. The van der Waals surface area contributed by atoms with E-state index < -0.39 is 11.8 Å². The monoisotopic (exact) mass is 294 g/mol. The molecule has 0 aliphatic carbocycles. The van der Waals surface area contributed by atoms with Gasteiger partial charge in [-0.3, -0.25) is 0 Å². The highest BCUT2D eigenvalue weighted by molar-refractivity contribution is 5.85. The predicted molar refractivity (Wildman–Crippen MR) is 76.3 cm³/mol. The number of rotatable bonds is 6. The number of hydrogen-bond acceptors (Lipinski definition) is 3. The molecule has 4 nitrogen and oxygen atoms in total. The first-order chi connectivity index (χ1) is 10.1. The average molecular weight is 294 g/mol. The minimum Gasteiger partial charge on any atom is -0.478 e. The number of carboxylic acid groups (broad SMARTS) is 1. The van der Waals surface area contributed by atoms with Gasteiger partial charge in [0.1, 0.15) is 5.82 Å². The maximum Gasteiger partial charge on any atom is 0.328 e. The molecule has 1 N–H and O–H groups in total. The summed E-state index contributed by atoms with van der Waals surface area (Å²) < 4.78 is 24.9. The van der Waals surface area contributed by atoms with Gasteiger partial charge in [0.2, 0.25) is 0 Å². The van der Waals surface area contributed by atoms with Crippen molar-refractivity contribution in [1.29, 1.82) is 0 Å². The zero-order valence-electron chi connectivity index (χ0n) is 11.8. The summed E-state index contributed by atoms with van der Waals surface area (Å²) >= 11 is 0. The van der Waals surface area contributed by atoms with E-state index in [9.17, 15) is 9.18 Å². The van der Waals surface area contributed by atoms with E-state index in [1.54, 1.807) is 12.1 Å². The summed E-state index contributed by atoms with van der Waals surface area (Å²) in [6.07, 6.45) is 5.67. The molecule has 0 spiro atoms. The molecule has 114 valence electrons. The molecule has 1 aliphatic heterocycles.